The third-order valence-electron chi connectivity index (χ3n) is 2.71. The van der Waals surface area contributed by atoms with E-state index in [1.165, 1.54) is 0 Å². The summed E-state index contributed by atoms with van der Waals surface area (Å²) < 4.78 is 4.11. The van der Waals surface area contributed by atoms with Crippen molar-refractivity contribution >= 4 is 0 Å². The highest BCUT2D eigenvalue weighted by Crippen LogP contribution is 2.09. The molecule has 0 aromatic carbocycles. The molecule has 0 spiro atoms. The fraction of sp³-hybridized carbons (Fsp3) is 0.455. The summed E-state index contributed by atoms with van der Waals surface area (Å²) in [5.74, 6) is 1.07. The molecule has 2 heterocycles. The van der Waals surface area contributed by atoms with Crippen molar-refractivity contribution in [2.75, 3.05) is 0 Å². The van der Waals surface area contributed by atoms with Crippen molar-refractivity contribution in [3.05, 3.63) is 36.4 Å². The Morgan fingerprint density at radius 3 is 2.94 bits per heavy atom. The molecular weight excluding hydrogens is 202 g/mol. The molecule has 2 N–H and O–H groups in total. The second kappa shape index (κ2) is 4.49. The van der Waals surface area contributed by atoms with E-state index in [0.717, 1.165) is 24.5 Å². The Bertz CT molecular complexity index is 454. The Morgan fingerprint density at radius 1 is 1.50 bits per heavy atom. The molecule has 0 aliphatic carbocycles. The van der Waals surface area contributed by atoms with Crippen LogP contribution in [0.15, 0.2) is 24.9 Å². The minimum atomic E-state index is 0.0175. The molecule has 2 aromatic rings. The molecule has 0 saturated heterocycles. The molecule has 2 aromatic heterocycles. The molecule has 0 aliphatic heterocycles. The van der Waals surface area contributed by atoms with E-state index in [2.05, 4.69) is 14.5 Å². The quantitative estimate of drug-likeness (QED) is 0.830. The van der Waals surface area contributed by atoms with Crippen molar-refractivity contribution in [1.82, 2.24) is 19.1 Å². The Balaban J connectivity index is 2.05. The van der Waals surface area contributed by atoms with Gasteiger partial charge in [-0.2, -0.15) is 0 Å². The van der Waals surface area contributed by atoms with Gasteiger partial charge in [0, 0.05) is 44.6 Å². The van der Waals surface area contributed by atoms with Crippen molar-refractivity contribution in [3.63, 3.8) is 0 Å². The molecule has 16 heavy (non-hydrogen) atoms. The van der Waals surface area contributed by atoms with Crippen molar-refractivity contribution in [2.24, 2.45) is 12.8 Å². The van der Waals surface area contributed by atoms with Gasteiger partial charge in [0.1, 0.15) is 5.82 Å². The maximum Gasteiger partial charge on any atom is 0.110 e. The fourth-order valence-corrected chi connectivity index (χ4v) is 1.75. The topological polar surface area (TPSA) is 61.7 Å². The first-order chi connectivity index (χ1) is 7.68. The highest BCUT2D eigenvalue weighted by molar-refractivity contribution is 5.03. The summed E-state index contributed by atoms with van der Waals surface area (Å²) in [4.78, 5) is 8.41. The minimum absolute atomic E-state index is 0.0175. The van der Waals surface area contributed by atoms with Crippen LogP contribution in [0, 0.1) is 0 Å². The van der Waals surface area contributed by atoms with E-state index in [4.69, 9.17) is 5.73 Å². The van der Waals surface area contributed by atoms with Crippen LogP contribution in [0.2, 0.25) is 0 Å². The van der Waals surface area contributed by atoms with E-state index in [-0.39, 0.29) is 6.04 Å². The van der Waals surface area contributed by atoms with Crippen LogP contribution in [-0.4, -0.2) is 19.1 Å². The monoisotopic (exact) mass is 219 g/mol. The van der Waals surface area contributed by atoms with Crippen molar-refractivity contribution in [2.45, 2.75) is 25.9 Å². The van der Waals surface area contributed by atoms with Gasteiger partial charge >= 0.3 is 0 Å². The van der Waals surface area contributed by atoms with Crippen LogP contribution in [0.4, 0.5) is 0 Å². The lowest BCUT2D eigenvalue weighted by Crippen LogP contribution is -2.13. The first kappa shape index (κ1) is 10.9. The summed E-state index contributed by atoms with van der Waals surface area (Å²) >= 11 is 0. The molecule has 0 aliphatic rings. The fourth-order valence-electron chi connectivity index (χ4n) is 1.75. The molecular formula is C11H17N5. The lowest BCUT2D eigenvalue weighted by Gasteiger charge is -2.10. The maximum atomic E-state index is 5.86. The van der Waals surface area contributed by atoms with E-state index >= 15 is 0 Å². The molecule has 0 unspecified atom stereocenters. The van der Waals surface area contributed by atoms with Gasteiger partial charge in [-0.05, 0) is 6.92 Å². The van der Waals surface area contributed by atoms with Crippen molar-refractivity contribution < 1.29 is 0 Å². The highest BCUT2D eigenvalue weighted by atomic mass is 15.1. The first-order valence-electron chi connectivity index (χ1n) is 5.40. The van der Waals surface area contributed by atoms with Gasteiger partial charge in [0.25, 0.3) is 0 Å². The number of aryl methyl sites for hydroxylation is 3. The molecule has 2 rings (SSSR count). The Hall–Kier alpha value is -1.62. The normalized spacial score (nSPS) is 12.9. The predicted molar refractivity (Wildman–Crippen MR) is 61.7 cm³/mol. The molecule has 1 atom stereocenters. The van der Waals surface area contributed by atoms with Crippen molar-refractivity contribution in [1.29, 1.82) is 0 Å². The lowest BCUT2D eigenvalue weighted by molar-refractivity contribution is 0.601. The number of nitrogens with zero attached hydrogens (tertiary/aromatic N) is 4. The maximum absolute atomic E-state index is 5.86. The molecule has 0 saturated carbocycles. The van der Waals surface area contributed by atoms with E-state index in [9.17, 15) is 0 Å². The SMILES string of the molecule is C[C@@H](N)c1cncn1CCc1nccn1C. The summed E-state index contributed by atoms with van der Waals surface area (Å²) in [6.45, 7) is 2.83. The number of imidazole rings is 2. The Kier molecular flexibility index (Phi) is 3.05. The average Bonchev–Trinajstić information content (AvgIpc) is 2.83. The zero-order chi connectivity index (χ0) is 11.5. The Labute approximate surface area is 94.9 Å². The lowest BCUT2D eigenvalue weighted by atomic mass is 10.2. The summed E-state index contributed by atoms with van der Waals surface area (Å²) in [7, 11) is 2.00. The molecule has 0 bridgehead atoms. The number of nitrogens with two attached hydrogens (primary N) is 1. The molecule has 5 heteroatoms. The molecule has 0 radical (unpaired) electrons. The van der Waals surface area contributed by atoms with Crippen LogP contribution in [0.25, 0.3) is 0 Å². The van der Waals surface area contributed by atoms with Gasteiger partial charge in [-0.1, -0.05) is 0 Å². The van der Waals surface area contributed by atoms with E-state index in [1.54, 1.807) is 0 Å². The second-order valence-corrected chi connectivity index (χ2v) is 4.00. The zero-order valence-corrected chi connectivity index (χ0v) is 9.67. The summed E-state index contributed by atoms with van der Waals surface area (Å²) in [5, 5.41) is 0. The molecule has 0 fully saturated rings. The van der Waals surface area contributed by atoms with E-state index in [1.807, 2.05) is 43.5 Å². The van der Waals surface area contributed by atoms with Gasteiger partial charge in [-0.25, -0.2) is 9.97 Å². The number of aromatic nitrogens is 4. The van der Waals surface area contributed by atoms with Gasteiger partial charge in [0.15, 0.2) is 0 Å². The van der Waals surface area contributed by atoms with Crippen LogP contribution in [0.1, 0.15) is 24.5 Å². The number of rotatable bonds is 4. The smallest absolute Gasteiger partial charge is 0.110 e. The molecule has 5 nitrogen and oxygen atoms in total. The van der Waals surface area contributed by atoms with Gasteiger partial charge in [0.2, 0.25) is 0 Å². The standard InChI is InChI=1S/C11H17N5/c1-9(12)10-7-13-8-16(10)5-3-11-14-4-6-15(11)2/h4,6-9H,3,5,12H2,1-2H3/t9-/m1/s1. The van der Waals surface area contributed by atoms with Crippen molar-refractivity contribution in [3.8, 4) is 0 Å². The van der Waals surface area contributed by atoms with E-state index in [0.29, 0.717) is 0 Å². The summed E-state index contributed by atoms with van der Waals surface area (Å²) in [6.07, 6.45) is 8.30. The largest absolute Gasteiger partial charge is 0.338 e. The van der Waals surface area contributed by atoms with Crippen LogP contribution in [0.3, 0.4) is 0 Å². The van der Waals surface area contributed by atoms with Crippen LogP contribution in [0.5, 0.6) is 0 Å². The summed E-state index contributed by atoms with van der Waals surface area (Å²) in [5.41, 5.74) is 6.92. The zero-order valence-electron chi connectivity index (χ0n) is 9.67. The minimum Gasteiger partial charge on any atom is -0.338 e. The van der Waals surface area contributed by atoms with Gasteiger partial charge in [-0.15, -0.1) is 0 Å². The highest BCUT2D eigenvalue weighted by Gasteiger charge is 2.07. The summed E-state index contributed by atoms with van der Waals surface area (Å²) in [6, 6.07) is 0.0175. The second-order valence-electron chi connectivity index (χ2n) is 4.00. The van der Waals surface area contributed by atoms with Crippen LogP contribution in [-0.2, 0) is 20.0 Å². The molecule has 0 amide bonds. The average molecular weight is 219 g/mol. The van der Waals surface area contributed by atoms with Gasteiger partial charge in [0.05, 0.1) is 12.0 Å². The van der Waals surface area contributed by atoms with Crippen LogP contribution < -0.4 is 5.73 Å². The Morgan fingerprint density at radius 2 is 2.31 bits per heavy atom. The van der Waals surface area contributed by atoms with Gasteiger partial charge < -0.3 is 14.9 Å². The third kappa shape index (κ3) is 2.14. The predicted octanol–water partition coefficient (Wildman–Crippen LogP) is 0.879. The number of hydrogen-bond acceptors (Lipinski definition) is 3. The van der Waals surface area contributed by atoms with Gasteiger partial charge in [-0.3, -0.25) is 0 Å². The van der Waals surface area contributed by atoms with Crippen LogP contribution >= 0.6 is 0 Å². The third-order valence-corrected chi connectivity index (χ3v) is 2.71. The van der Waals surface area contributed by atoms with E-state index < -0.39 is 0 Å². The first-order valence-corrected chi connectivity index (χ1v) is 5.40. The number of hydrogen-bond donors (Lipinski definition) is 1. The molecule has 86 valence electrons.